The van der Waals surface area contributed by atoms with Crippen LogP contribution in [0.2, 0.25) is 0 Å². The summed E-state index contributed by atoms with van der Waals surface area (Å²) in [5.41, 5.74) is 5.54. The molecule has 1 aromatic heterocycles. The van der Waals surface area contributed by atoms with E-state index in [1.54, 1.807) is 9.36 Å². The molecule has 0 fully saturated rings. The van der Waals surface area contributed by atoms with Crippen molar-refractivity contribution in [2.75, 3.05) is 19.8 Å². The second kappa shape index (κ2) is 11.4. The normalized spacial score (nSPS) is 12.9. The first kappa shape index (κ1) is 24.8. The van der Waals surface area contributed by atoms with E-state index >= 15 is 0 Å². The molecule has 0 N–H and O–H groups in total. The molecule has 7 heteroatoms. The van der Waals surface area contributed by atoms with Gasteiger partial charge in [0, 0.05) is 19.7 Å². The van der Waals surface area contributed by atoms with Crippen LogP contribution in [0.1, 0.15) is 44.7 Å². The monoisotopic (exact) mass is 478 g/mol. The average molecular weight is 479 g/mol. The fraction of sp³-hybridized carbons (Fsp3) is 0.429. The molecule has 0 unspecified atom stereocenters. The van der Waals surface area contributed by atoms with Crippen LogP contribution in [-0.4, -0.2) is 35.3 Å². The number of nitrogens with zero attached hydrogens (tertiary/aromatic N) is 2. The maximum absolute atomic E-state index is 13.7. The number of fused-ring (bicyclic) bond motifs is 1. The number of aryl methyl sites for hydroxylation is 2. The molecule has 0 saturated carbocycles. The minimum absolute atomic E-state index is 0.0964. The molecule has 3 aromatic rings. The molecule has 186 valence electrons. The van der Waals surface area contributed by atoms with Gasteiger partial charge in [-0.05, 0) is 60.4 Å². The summed E-state index contributed by atoms with van der Waals surface area (Å²) in [6, 6.07) is 14.5. The lowest BCUT2D eigenvalue weighted by Gasteiger charge is -2.19. The summed E-state index contributed by atoms with van der Waals surface area (Å²) >= 11 is 0. The van der Waals surface area contributed by atoms with Crippen molar-refractivity contribution in [3.63, 3.8) is 0 Å². The van der Waals surface area contributed by atoms with Crippen molar-refractivity contribution in [2.24, 2.45) is 0 Å². The topological polar surface area (TPSA) is 71.7 Å². The number of ether oxygens (including phenoxy) is 3. The van der Waals surface area contributed by atoms with E-state index in [4.69, 9.17) is 14.2 Å². The number of carbonyl (C=O) groups is 1. The maximum Gasteiger partial charge on any atom is 0.515 e. The third-order valence-electron chi connectivity index (χ3n) is 6.43. The maximum atomic E-state index is 13.7. The molecule has 1 aliphatic heterocycles. The van der Waals surface area contributed by atoms with Crippen LogP contribution in [0.3, 0.4) is 0 Å². The van der Waals surface area contributed by atoms with Gasteiger partial charge in [-0.3, -0.25) is 9.48 Å². The molecule has 0 radical (unpaired) electrons. The number of aromatic nitrogens is 2. The van der Waals surface area contributed by atoms with Crippen LogP contribution >= 0.6 is 0 Å². The Hall–Kier alpha value is -3.32. The number of rotatable bonds is 9. The summed E-state index contributed by atoms with van der Waals surface area (Å²) in [6.07, 6.45) is 2.49. The van der Waals surface area contributed by atoms with E-state index in [9.17, 15) is 9.59 Å². The van der Waals surface area contributed by atoms with E-state index in [0.717, 1.165) is 53.5 Å². The lowest BCUT2D eigenvalue weighted by molar-refractivity contribution is 0.0537. The summed E-state index contributed by atoms with van der Waals surface area (Å²) < 4.78 is 19.7. The summed E-state index contributed by atoms with van der Waals surface area (Å²) in [7, 11) is 0. The van der Waals surface area contributed by atoms with E-state index < -0.39 is 6.16 Å². The van der Waals surface area contributed by atoms with E-state index in [-0.39, 0.29) is 18.0 Å². The summed E-state index contributed by atoms with van der Waals surface area (Å²) in [4.78, 5) is 26.3. The minimum atomic E-state index is -0.825. The van der Waals surface area contributed by atoms with E-state index in [2.05, 4.69) is 38.1 Å². The van der Waals surface area contributed by atoms with Crippen LogP contribution in [0.5, 0.6) is 5.88 Å². The van der Waals surface area contributed by atoms with Gasteiger partial charge in [-0.15, -0.1) is 0 Å². The van der Waals surface area contributed by atoms with Gasteiger partial charge in [0.1, 0.15) is 12.2 Å². The zero-order chi connectivity index (χ0) is 24.8. The van der Waals surface area contributed by atoms with Gasteiger partial charge in [-0.25, -0.2) is 9.48 Å². The highest BCUT2D eigenvalue weighted by atomic mass is 16.7. The van der Waals surface area contributed by atoms with Crippen LogP contribution in [0.25, 0.3) is 22.3 Å². The molecule has 35 heavy (non-hydrogen) atoms. The molecular weight excluding hydrogens is 444 g/mol. The van der Waals surface area contributed by atoms with Crippen LogP contribution in [-0.2, 0) is 35.4 Å². The fourth-order valence-electron chi connectivity index (χ4n) is 4.73. The zero-order valence-corrected chi connectivity index (χ0v) is 20.8. The summed E-state index contributed by atoms with van der Waals surface area (Å²) in [6.45, 7) is 8.20. The number of hydrogen-bond acceptors (Lipinski definition) is 5. The van der Waals surface area contributed by atoms with Crippen molar-refractivity contribution in [1.29, 1.82) is 0 Å². The molecule has 2 aromatic carbocycles. The van der Waals surface area contributed by atoms with Gasteiger partial charge < -0.3 is 14.2 Å². The first-order valence-electron chi connectivity index (χ1n) is 12.6. The zero-order valence-electron chi connectivity index (χ0n) is 20.8. The van der Waals surface area contributed by atoms with Gasteiger partial charge in [0.05, 0.1) is 6.61 Å². The van der Waals surface area contributed by atoms with Crippen molar-refractivity contribution < 1.29 is 19.0 Å². The first-order chi connectivity index (χ1) is 17.1. The van der Waals surface area contributed by atoms with Gasteiger partial charge >= 0.3 is 6.16 Å². The fourth-order valence-corrected chi connectivity index (χ4v) is 4.73. The third-order valence-corrected chi connectivity index (χ3v) is 6.43. The van der Waals surface area contributed by atoms with Crippen LogP contribution in [0, 0.1) is 0 Å². The molecule has 0 amide bonds. The summed E-state index contributed by atoms with van der Waals surface area (Å²) in [5, 5.41) is 0. The Bertz CT molecular complexity index is 1200. The number of hydrogen-bond donors (Lipinski definition) is 0. The second-order valence-corrected chi connectivity index (χ2v) is 8.58. The Morgan fingerprint density at radius 3 is 2.14 bits per heavy atom. The summed E-state index contributed by atoms with van der Waals surface area (Å²) in [5.74, 6) is 0.271. The lowest BCUT2D eigenvalue weighted by atomic mass is 9.89. The molecular formula is C28H34N2O5. The van der Waals surface area contributed by atoms with Crippen molar-refractivity contribution in [3.8, 4) is 28.1 Å². The predicted octanol–water partition coefficient (Wildman–Crippen LogP) is 5.45. The molecule has 4 rings (SSSR count). The SMILES string of the molecule is CCOCCOC(=O)Oc1c(-c2c(CC)cc(-c3ccccc3)cc2CC)c(=O)n2n1CCCC2. The second-order valence-electron chi connectivity index (χ2n) is 8.58. The Morgan fingerprint density at radius 2 is 1.51 bits per heavy atom. The van der Waals surface area contributed by atoms with Crippen LogP contribution in [0.15, 0.2) is 47.3 Å². The minimum Gasteiger partial charge on any atom is -0.431 e. The smallest absolute Gasteiger partial charge is 0.431 e. The molecule has 0 aliphatic carbocycles. The van der Waals surface area contributed by atoms with Gasteiger partial charge in [0.25, 0.3) is 5.56 Å². The number of carbonyl (C=O) groups excluding carboxylic acids is 1. The van der Waals surface area contributed by atoms with Gasteiger partial charge in [-0.2, -0.15) is 0 Å². The third kappa shape index (κ3) is 5.20. The Kier molecular flexibility index (Phi) is 8.08. The van der Waals surface area contributed by atoms with Crippen LogP contribution < -0.4 is 10.3 Å². The van der Waals surface area contributed by atoms with Gasteiger partial charge in [0.15, 0.2) is 0 Å². The average Bonchev–Trinajstić information content (AvgIpc) is 3.17. The standard InChI is InChI=1S/C28H34N2O5/c1-4-20-18-23(22-12-8-7-9-13-22)19-21(5-2)24(20)25-26(31)29-14-10-11-15-30(29)27(25)35-28(32)34-17-16-33-6-3/h7-9,12-13,18-19H,4-6,10-11,14-17H2,1-3H3. The van der Waals surface area contributed by atoms with E-state index in [0.29, 0.717) is 31.9 Å². The van der Waals surface area contributed by atoms with E-state index in [1.807, 2.05) is 25.1 Å². The predicted molar refractivity (Wildman–Crippen MR) is 136 cm³/mol. The van der Waals surface area contributed by atoms with Gasteiger partial charge in [-0.1, -0.05) is 56.3 Å². The van der Waals surface area contributed by atoms with E-state index in [1.165, 1.54) is 0 Å². The van der Waals surface area contributed by atoms with Crippen molar-refractivity contribution in [1.82, 2.24) is 9.36 Å². The molecule has 0 spiro atoms. The molecule has 7 nitrogen and oxygen atoms in total. The van der Waals surface area contributed by atoms with Gasteiger partial charge in [0.2, 0.25) is 5.88 Å². The van der Waals surface area contributed by atoms with Crippen LogP contribution in [0.4, 0.5) is 4.79 Å². The highest BCUT2D eigenvalue weighted by Gasteiger charge is 2.29. The van der Waals surface area contributed by atoms with Crippen molar-refractivity contribution in [3.05, 3.63) is 63.9 Å². The highest BCUT2D eigenvalue weighted by Crippen LogP contribution is 2.38. The van der Waals surface area contributed by atoms with Crippen molar-refractivity contribution in [2.45, 2.75) is 59.5 Å². The highest BCUT2D eigenvalue weighted by molar-refractivity contribution is 5.81. The first-order valence-corrected chi connectivity index (χ1v) is 12.6. The number of benzene rings is 2. The Labute approximate surface area is 206 Å². The molecule has 2 heterocycles. The molecule has 0 atom stereocenters. The Balaban J connectivity index is 1.82. The Morgan fingerprint density at radius 1 is 0.857 bits per heavy atom. The van der Waals surface area contributed by atoms with Crippen molar-refractivity contribution >= 4 is 6.16 Å². The molecule has 0 saturated heterocycles. The lowest BCUT2D eigenvalue weighted by Crippen LogP contribution is -2.28. The molecule has 0 bridgehead atoms. The molecule has 1 aliphatic rings. The quantitative estimate of drug-likeness (QED) is 0.302. The largest absolute Gasteiger partial charge is 0.515 e.